The number of thioether (sulfide) groups is 1. The first-order valence-electron chi connectivity index (χ1n) is 14.5. The average molecular weight is 688 g/mol. The summed E-state index contributed by atoms with van der Waals surface area (Å²) in [5, 5.41) is 19.9. The van der Waals surface area contributed by atoms with E-state index in [4.69, 9.17) is 14.2 Å². The molecule has 0 spiro atoms. The van der Waals surface area contributed by atoms with Gasteiger partial charge in [-0.2, -0.15) is 0 Å². The molecule has 0 radical (unpaired) electrons. The molecule has 5 aromatic rings. The van der Waals surface area contributed by atoms with Gasteiger partial charge >= 0.3 is 5.91 Å². The number of carbonyl (C=O) groups excluding carboxylic acids is 2. The van der Waals surface area contributed by atoms with E-state index in [1.54, 1.807) is 36.4 Å². The molecule has 1 aliphatic rings. The maximum Gasteiger partial charge on any atom is 0.301 e. The fourth-order valence-corrected chi connectivity index (χ4v) is 6.99. The second-order valence-corrected chi connectivity index (χ2v) is 12.6. The lowest BCUT2D eigenvalue weighted by Gasteiger charge is -2.23. The smallest absolute Gasteiger partial charge is 0.301 e. The Hall–Kier alpha value is -5.27. The van der Waals surface area contributed by atoms with E-state index in [-0.39, 0.29) is 40.2 Å². The number of rotatable bonds is 11. The van der Waals surface area contributed by atoms with E-state index in [9.17, 15) is 23.5 Å². The van der Waals surface area contributed by atoms with Gasteiger partial charge < -0.3 is 19.3 Å². The zero-order valence-electron chi connectivity index (χ0n) is 25.6. The Labute approximate surface area is 282 Å². The van der Waals surface area contributed by atoms with Crippen molar-refractivity contribution in [3.05, 3.63) is 130 Å². The van der Waals surface area contributed by atoms with E-state index >= 15 is 0 Å². The molecule has 6 rings (SSSR count). The Morgan fingerprint density at radius 1 is 0.875 bits per heavy atom. The summed E-state index contributed by atoms with van der Waals surface area (Å²) in [5.74, 6) is -2.79. The number of methoxy groups -OCH3 is 2. The Balaban J connectivity index is 1.40. The van der Waals surface area contributed by atoms with Crippen molar-refractivity contribution in [3.8, 4) is 17.2 Å². The number of aliphatic hydroxyl groups is 1. The summed E-state index contributed by atoms with van der Waals surface area (Å²) < 4.78 is 45.9. The van der Waals surface area contributed by atoms with Gasteiger partial charge in [-0.05, 0) is 53.1 Å². The van der Waals surface area contributed by atoms with Gasteiger partial charge in [0.15, 0.2) is 27.4 Å². The van der Waals surface area contributed by atoms with Gasteiger partial charge in [0.05, 0.1) is 25.8 Å². The highest BCUT2D eigenvalue weighted by Gasteiger charge is 2.48. The number of halogens is 2. The van der Waals surface area contributed by atoms with Gasteiger partial charge in [-0.15, -0.1) is 10.2 Å². The average Bonchev–Trinajstić information content (AvgIpc) is 3.68. The molecule has 0 bridgehead atoms. The molecular formula is C35H27F2N3O6S2. The molecule has 4 aromatic carbocycles. The summed E-state index contributed by atoms with van der Waals surface area (Å²) in [4.78, 5) is 28.5. The molecule has 2 heterocycles. The number of aromatic nitrogens is 2. The van der Waals surface area contributed by atoms with Crippen LogP contribution in [0.1, 0.15) is 28.3 Å². The van der Waals surface area contributed by atoms with Crippen LogP contribution in [0.4, 0.5) is 13.9 Å². The Morgan fingerprint density at radius 3 is 2.33 bits per heavy atom. The summed E-state index contributed by atoms with van der Waals surface area (Å²) in [5.41, 5.74) is 1.45. The zero-order valence-corrected chi connectivity index (χ0v) is 27.2. The number of Topliss-reactive ketones (excluding diaryl/α,β-unsaturated/α-hetero) is 1. The first-order valence-corrected chi connectivity index (χ1v) is 16.3. The molecule has 0 saturated carbocycles. The SMILES string of the molecule is COc1ccc(/C(O)=C2/C(=O)C(=O)N(c3nnc(SCc4ccccc4F)s3)C2c2ccc(OCc3ccccc3)c(OC)c2)cc1F. The number of ether oxygens (including phenoxy) is 3. The maximum absolute atomic E-state index is 14.7. The molecule has 244 valence electrons. The molecule has 1 atom stereocenters. The van der Waals surface area contributed by atoms with E-state index in [0.29, 0.717) is 27.0 Å². The molecule has 1 aromatic heterocycles. The summed E-state index contributed by atoms with van der Waals surface area (Å²) in [6.07, 6.45) is 0. The Bertz CT molecular complexity index is 2020. The van der Waals surface area contributed by atoms with Crippen LogP contribution in [-0.2, 0) is 21.9 Å². The molecule has 13 heteroatoms. The van der Waals surface area contributed by atoms with Crippen molar-refractivity contribution in [1.29, 1.82) is 0 Å². The van der Waals surface area contributed by atoms with Crippen LogP contribution in [0.5, 0.6) is 17.2 Å². The minimum Gasteiger partial charge on any atom is -0.507 e. The van der Waals surface area contributed by atoms with Crippen LogP contribution in [0.2, 0.25) is 0 Å². The van der Waals surface area contributed by atoms with Crippen molar-refractivity contribution in [1.82, 2.24) is 10.2 Å². The lowest BCUT2D eigenvalue weighted by molar-refractivity contribution is -0.132. The van der Waals surface area contributed by atoms with E-state index in [2.05, 4.69) is 10.2 Å². The van der Waals surface area contributed by atoms with Gasteiger partial charge in [0.2, 0.25) is 5.13 Å². The molecule has 9 nitrogen and oxygen atoms in total. The first-order chi connectivity index (χ1) is 23.3. The van der Waals surface area contributed by atoms with E-state index in [1.807, 2.05) is 30.3 Å². The number of amides is 1. The predicted molar refractivity (Wildman–Crippen MR) is 177 cm³/mol. The number of ketones is 1. The Morgan fingerprint density at radius 2 is 1.60 bits per heavy atom. The molecular weight excluding hydrogens is 661 g/mol. The van der Waals surface area contributed by atoms with Crippen molar-refractivity contribution >= 4 is 45.7 Å². The van der Waals surface area contributed by atoms with Crippen LogP contribution in [-0.4, -0.2) is 41.2 Å². The lowest BCUT2D eigenvalue weighted by atomic mass is 9.95. The molecule has 1 amide bonds. The minimum atomic E-state index is -1.20. The van der Waals surface area contributed by atoms with Gasteiger partial charge in [-0.3, -0.25) is 14.5 Å². The lowest BCUT2D eigenvalue weighted by Crippen LogP contribution is -2.29. The third-order valence-electron chi connectivity index (χ3n) is 7.52. The number of anilines is 1. The van der Waals surface area contributed by atoms with Gasteiger partial charge in [0.25, 0.3) is 5.78 Å². The van der Waals surface area contributed by atoms with E-state index in [1.165, 1.54) is 44.2 Å². The Kier molecular flexibility index (Phi) is 9.69. The van der Waals surface area contributed by atoms with Crippen molar-refractivity contribution in [2.45, 2.75) is 22.7 Å². The minimum absolute atomic E-state index is 0.0375. The molecule has 48 heavy (non-hydrogen) atoms. The summed E-state index contributed by atoms with van der Waals surface area (Å²) in [6.45, 7) is 0.260. The highest BCUT2D eigenvalue weighted by molar-refractivity contribution is 8.00. The van der Waals surface area contributed by atoms with Gasteiger partial charge in [-0.1, -0.05) is 77.7 Å². The van der Waals surface area contributed by atoms with Crippen molar-refractivity contribution < 1.29 is 37.7 Å². The number of hydrogen-bond acceptors (Lipinski definition) is 10. The van der Waals surface area contributed by atoms with Crippen LogP contribution in [0.15, 0.2) is 101 Å². The summed E-state index contributed by atoms with van der Waals surface area (Å²) in [7, 11) is 2.75. The number of nitrogens with zero attached hydrogens (tertiary/aromatic N) is 3. The standard InChI is InChI=1S/C35H27F2N3O6S2/c1-44-26-14-13-22(16-25(26)37)31(41)29-30(21-12-15-27(28(17-21)45-2)46-18-20-8-4-3-5-9-20)40(33(43)32(29)42)34-38-39-35(48-34)47-19-23-10-6-7-11-24(23)36/h3-17,30,41H,18-19H2,1-2H3/b31-29-. The summed E-state index contributed by atoms with van der Waals surface area (Å²) >= 11 is 2.25. The van der Waals surface area contributed by atoms with Gasteiger partial charge in [0, 0.05) is 11.3 Å². The van der Waals surface area contributed by atoms with E-state index in [0.717, 1.165) is 27.9 Å². The highest BCUT2D eigenvalue weighted by Crippen LogP contribution is 2.46. The van der Waals surface area contributed by atoms with Crippen LogP contribution in [0, 0.1) is 11.6 Å². The van der Waals surface area contributed by atoms with Gasteiger partial charge in [-0.25, -0.2) is 8.78 Å². The van der Waals surface area contributed by atoms with Crippen LogP contribution in [0.25, 0.3) is 5.76 Å². The van der Waals surface area contributed by atoms with Crippen LogP contribution >= 0.6 is 23.1 Å². The molecule has 1 unspecified atom stereocenters. The zero-order chi connectivity index (χ0) is 33.8. The van der Waals surface area contributed by atoms with Crippen molar-refractivity contribution in [2.75, 3.05) is 19.1 Å². The number of benzene rings is 4. The second kappa shape index (κ2) is 14.2. The maximum atomic E-state index is 14.7. The number of hydrogen-bond donors (Lipinski definition) is 1. The highest BCUT2D eigenvalue weighted by atomic mass is 32.2. The molecule has 1 aliphatic heterocycles. The predicted octanol–water partition coefficient (Wildman–Crippen LogP) is 7.33. The number of aliphatic hydroxyl groups excluding tert-OH is 1. The topological polar surface area (TPSA) is 111 Å². The fourth-order valence-electron chi connectivity index (χ4n) is 5.14. The van der Waals surface area contributed by atoms with Crippen molar-refractivity contribution in [2.24, 2.45) is 0 Å². The molecule has 1 fully saturated rings. The molecule has 1 saturated heterocycles. The van der Waals surface area contributed by atoms with Crippen molar-refractivity contribution in [3.63, 3.8) is 0 Å². The third-order valence-corrected chi connectivity index (χ3v) is 9.63. The molecule has 0 aliphatic carbocycles. The first kappa shape index (κ1) is 32.7. The largest absolute Gasteiger partial charge is 0.507 e. The van der Waals surface area contributed by atoms with E-state index < -0.39 is 29.3 Å². The second-order valence-electron chi connectivity index (χ2n) is 10.4. The monoisotopic (exact) mass is 687 g/mol. The third kappa shape index (κ3) is 6.60. The quantitative estimate of drug-likeness (QED) is 0.0502. The fraction of sp³-hybridized carbons (Fsp3) is 0.143. The van der Waals surface area contributed by atoms with Gasteiger partial charge in [0.1, 0.15) is 18.2 Å². The van der Waals surface area contributed by atoms with Crippen LogP contribution < -0.4 is 19.1 Å². The normalized spacial score (nSPS) is 15.5. The number of carbonyl (C=O) groups is 2. The summed E-state index contributed by atoms with van der Waals surface area (Å²) in [6, 6.07) is 23.3. The van der Waals surface area contributed by atoms with Crippen LogP contribution in [0.3, 0.4) is 0 Å². The molecule has 1 N–H and O–H groups in total.